The highest BCUT2D eigenvalue weighted by atomic mass is 35.5. The fourth-order valence-corrected chi connectivity index (χ4v) is 3.69. The van der Waals surface area contributed by atoms with E-state index in [0.29, 0.717) is 10.6 Å². The Labute approximate surface area is 129 Å². The standard InChI is InChI=1S/C14H16ClN3O2S/c1-9-7-12(15)13(16)8-14(9)21(19,20)18-10(2)11-3-5-17-6-4-11/h3-8,10,18H,16H2,1-2H3. The van der Waals surface area contributed by atoms with E-state index in [4.69, 9.17) is 17.3 Å². The zero-order valence-corrected chi connectivity index (χ0v) is 13.2. The van der Waals surface area contributed by atoms with Gasteiger partial charge in [0.2, 0.25) is 10.0 Å². The summed E-state index contributed by atoms with van der Waals surface area (Å²) in [6, 6.07) is 6.06. The van der Waals surface area contributed by atoms with E-state index in [1.807, 2.05) is 0 Å². The van der Waals surface area contributed by atoms with E-state index < -0.39 is 10.0 Å². The van der Waals surface area contributed by atoms with Crippen LogP contribution in [0.4, 0.5) is 5.69 Å². The Morgan fingerprint density at radius 2 is 1.90 bits per heavy atom. The van der Waals surface area contributed by atoms with E-state index >= 15 is 0 Å². The van der Waals surface area contributed by atoms with Crippen LogP contribution >= 0.6 is 11.6 Å². The lowest BCUT2D eigenvalue weighted by Crippen LogP contribution is -2.27. The van der Waals surface area contributed by atoms with Crippen LogP contribution in [0, 0.1) is 6.92 Å². The topological polar surface area (TPSA) is 85.1 Å². The second kappa shape index (κ2) is 6.01. The summed E-state index contributed by atoms with van der Waals surface area (Å²) in [4.78, 5) is 4.04. The van der Waals surface area contributed by atoms with E-state index in [9.17, 15) is 8.42 Å². The number of aryl methyl sites for hydroxylation is 1. The van der Waals surface area contributed by atoms with Crippen LogP contribution < -0.4 is 10.5 Å². The van der Waals surface area contributed by atoms with Crippen LogP contribution in [-0.2, 0) is 10.0 Å². The number of benzene rings is 1. The molecule has 7 heteroatoms. The number of nitrogen functional groups attached to an aromatic ring is 1. The highest BCUT2D eigenvalue weighted by Crippen LogP contribution is 2.27. The maximum absolute atomic E-state index is 12.5. The zero-order chi connectivity index (χ0) is 15.6. The first-order valence-electron chi connectivity index (χ1n) is 6.29. The average molecular weight is 326 g/mol. The molecule has 21 heavy (non-hydrogen) atoms. The number of pyridine rings is 1. The number of rotatable bonds is 4. The third-order valence-corrected chi connectivity index (χ3v) is 5.13. The molecule has 3 N–H and O–H groups in total. The van der Waals surface area contributed by atoms with Gasteiger partial charge in [-0.05, 0) is 49.2 Å². The third-order valence-electron chi connectivity index (χ3n) is 3.12. The Kier molecular flexibility index (Phi) is 4.51. The lowest BCUT2D eigenvalue weighted by Gasteiger charge is -2.16. The van der Waals surface area contributed by atoms with Crippen molar-refractivity contribution in [2.45, 2.75) is 24.8 Å². The fourth-order valence-electron chi connectivity index (χ4n) is 1.97. The molecule has 0 spiro atoms. The number of nitrogens with one attached hydrogen (secondary N) is 1. The van der Waals surface area contributed by atoms with Crippen molar-refractivity contribution in [3.8, 4) is 0 Å². The number of halogens is 1. The molecule has 0 amide bonds. The van der Waals surface area contributed by atoms with Crippen molar-refractivity contribution < 1.29 is 8.42 Å². The molecule has 1 heterocycles. The summed E-state index contributed by atoms with van der Waals surface area (Å²) in [5, 5.41) is 0.341. The van der Waals surface area contributed by atoms with Crippen LogP contribution in [0.3, 0.4) is 0 Å². The van der Waals surface area contributed by atoms with Gasteiger partial charge in [-0.25, -0.2) is 13.1 Å². The zero-order valence-electron chi connectivity index (χ0n) is 11.7. The molecule has 0 aliphatic carbocycles. The predicted molar refractivity (Wildman–Crippen MR) is 83.6 cm³/mol. The second-order valence-electron chi connectivity index (χ2n) is 4.76. The first kappa shape index (κ1) is 15.8. The van der Waals surface area contributed by atoms with E-state index in [-0.39, 0.29) is 16.6 Å². The Morgan fingerprint density at radius 3 is 2.52 bits per heavy atom. The van der Waals surface area contributed by atoms with Crippen molar-refractivity contribution in [1.82, 2.24) is 9.71 Å². The summed E-state index contributed by atoms with van der Waals surface area (Å²) < 4.78 is 27.6. The Bertz CT molecular complexity index is 748. The van der Waals surface area contributed by atoms with Crippen molar-refractivity contribution in [3.63, 3.8) is 0 Å². The molecule has 0 fully saturated rings. The SMILES string of the molecule is Cc1cc(Cl)c(N)cc1S(=O)(=O)NC(C)c1ccncc1. The van der Waals surface area contributed by atoms with Crippen LogP contribution in [0.5, 0.6) is 0 Å². The highest BCUT2D eigenvalue weighted by Gasteiger charge is 2.21. The second-order valence-corrected chi connectivity index (χ2v) is 6.85. The highest BCUT2D eigenvalue weighted by molar-refractivity contribution is 7.89. The first-order chi connectivity index (χ1) is 9.81. The molecule has 0 aliphatic rings. The summed E-state index contributed by atoms with van der Waals surface area (Å²) in [6.45, 7) is 3.44. The van der Waals surface area contributed by atoms with Crippen molar-refractivity contribution in [1.29, 1.82) is 0 Å². The normalized spacial score (nSPS) is 13.1. The van der Waals surface area contributed by atoms with Crippen LogP contribution in [0.15, 0.2) is 41.6 Å². The predicted octanol–water partition coefficient (Wildman–Crippen LogP) is 2.67. The van der Waals surface area contributed by atoms with Gasteiger partial charge in [-0.15, -0.1) is 0 Å². The number of hydrogen-bond acceptors (Lipinski definition) is 4. The molecule has 1 aromatic heterocycles. The number of aromatic nitrogens is 1. The van der Waals surface area contributed by atoms with Crippen molar-refractivity contribution in [2.24, 2.45) is 0 Å². The Morgan fingerprint density at radius 1 is 1.29 bits per heavy atom. The van der Waals surface area contributed by atoms with Gasteiger partial charge >= 0.3 is 0 Å². The molecule has 0 radical (unpaired) electrons. The van der Waals surface area contributed by atoms with Gasteiger partial charge in [0.05, 0.1) is 15.6 Å². The Balaban J connectivity index is 2.33. The molecule has 1 unspecified atom stereocenters. The largest absolute Gasteiger partial charge is 0.397 e. The molecule has 1 aromatic carbocycles. The first-order valence-corrected chi connectivity index (χ1v) is 8.15. The summed E-state index contributed by atoms with van der Waals surface area (Å²) in [6.07, 6.45) is 3.23. The van der Waals surface area contributed by atoms with Gasteiger partial charge in [0, 0.05) is 18.4 Å². The summed E-state index contributed by atoms with van der Waals surface area (Å²) in [7, 11) is -3.69. The molecule has 0 aliphatic heterocycles. The maximum atomic E-state index is 12.5. The molecule has 0 bridgehead atoms. The van der Waals surface area contributed by atoms with E-state index in [0.717, 1.165) is 5.56 Å². The van der Waals surface area contributed by atoms with Gasteiger partial charge in [-0.1, -0.05) is 11.6 Å². The number of anilines is 1. The minimum absolute atomic E-state index is 0.130. The molecule has 112 valence electrons. The quantitative estimate of drug-likeness (QED) is 0.846. The molecular weight excluding hydrogens is 310 g/mol. The summed E-state index contributed by atoms with van der Waals surface area (Å²) in [5.74, 6) is 0. The minimum Gasteiger partial charge on any atom is -0.397 e. The molecule has 0 saturated carbocycles. The van der Waals surface area contributed by atoms with Crippen molar-refractivity contribution in [2.75, 3.05) is 5.73 Å². The third kappa shape index (κ3) is 3.53. The van der Waals surface area contributed by atoms with Gasteiger partial charge in [0.1, 0.15) is 0 Å². The van der Waals surface area contributed by atoms with Gasteiger partial charge in [-0.2, -0.15) is 0 Å². The van der Waals surface area contributed by atoms with Crippen LogP contribution in [0.2, 0.25) is 5.02 Å². The average Bonchev–Trinajstić information content (AvgIpc) is 2.43. The number of hydrogen-bond donors (Lipinski definition) is 2. The van der Waals surface area contributed by atoms with E-state index in [2.05, 4.69) is 9.71 Å². The Hall–Kier alpha value is -1.63. The van der Waals surface area contributed by atoms with Gasteiger partial charge in [0.15, 0.2) is 0 Å². The summed E-state index contributed by atoms with van der Waals surface area (Å²) >= 11 is 5.89. The van der Waals surface area contributed by atoms with Crippen LogP contribution in [0.1, 0.15) is 24.1 Å². The molecule has 2 aromatic rings. The van der Waals surface area contributed by atoms with Crippen LogP contribution in [0.25, 0.3) is 0 Å². The lowest BCUT2D eigenvalue weighted by atomic mass is 10.1. The van der Waals surface area contributed by atoms with Crippen molar-refractivity contribution >= 4 is 27.3 Å². The van der Waals surface area contributed by atoms with Gasteiger partial charge in [0.25, 0.3) is 0 Å². The molecule has 0 saturated heterocycles. The number of nitrogens with two attached hydrogens (primary N) is 1. The molecule has 5 nitrogen and oxygen atoms in total. The smallest absolute Gasteiger partial charge is 0.241 e. The summed E-state index contributed by atoms with van der Waals surface area (Å²) in [5.41, 5.74) is 7.30. The molecule has 1 atom stereocenters. The molecular formula is C14H16ClN3O2S. The monoisotopic (exact) mass is 325 g/mol. The van der Waals surface area contributed by atoms with E-state index in [1.165, 1.54) is 6.07 Å². The van der Waals surface area contributed by atoms with Gasteiger partial charge in [-0.3, -0.25) is 4.98 Å². The fraction of sp³-hybridized carbons (Fsp3) is 0.214. The number of sulfonamides is 1. The lowest BCUT2D eigenvalue weighted by molar-refractivity contribution is 0.566. The van der Waals surface area contributed by atoms with Crippen molar-refractivity contribution in [3.05, 3.63) is 52.8 Å². The minimum atomic E-state index is -3.69. The van der Waals surface area contributed by atoms with E-state index in [1.54, 1.807) is 44.4 Å². The van der Waals surface area contributed by atoms with Crippen LogP contribution in [-0.4, -0.2) is 13.4 Å². The van der Waals surface area contributed by atoms with Gasteiger partial charge < -0.3 is 5.73 Å². The maximum Gasteiger partial charge on any atom is 0.241 e. The number of nitrogens with zero attached hydrogens (tertiary/aromatic N) is 1. The molecule has 2 rings (SSSR count).